The van der Waals surface area contributed by atoms with Crippen LogP contribution in [0.4, 0.5) is 0 Å². The van der Waals surface area contributed by atoms with Crippen molar-refractivity contribution in [1.29, 1.82) is 0 Å². The highest BCUT2D eigenvalue weighted by Gasteiger charge is 2.16. The van der Waals surface area contributed by atoms with E-state index in [-0.39, 0.29) is 5.91 Å². The molecule has 0 saturated carbocycles. The van der Waals surface area contributed by atoms with E-state index in [1.54, 1.807) is 7.05 Å². The Morgan fingerprint density at radius 2 is 2.16 bits per heavy atom. The van der Waals surface area contributed by atoms with Crippen LogP contribution in [0.2, 0.25) is 5.02 Å². The lowest BCUT2D eigenvalue weighted by atomic mass is 10.2. The lowest BCUT2D eigenvalue weighted by Crippen LogP contribution is -2.24. The van der Waals surface area contributed by atoms with E-state index in [1.165, 1.54) is 0 Å². The predicted octanol–water partition coefficient (Wildman–Crippen LogP) is 1.34. The molecule has 5 nitrogen and oxygen atoms in total. The van der Waals surface area contributed by atoms with Crippen molar-refractivity contribution in [1.82, 2.24) is 10.6 Å². The summed E-state index contributed by atoms with van der Waals surface area (Å²) < 4.78 is 11.0. The highest BCUT2D eigenvalue weighted by atomic mass is 35.5. The minimum absolute atomic E-state index is 0.0210. The van der Waals surface area contributed by atoms with Gasteiger partial charge in [0.25, 0.3) is 0 Å². The van der Waals surface area contributed by atoms with E-state index in [0.29, 0.717) is 49.2 Å². The molecule has 0 aliphatic carbocycles. The second-order valence-corrected chi connectivity index (χ2v) is 4.61. The minimum atomic E-state index is 0.0210. The second-order valence-electron chi connectivity index (χ2n) is 4.20. The maximum atomic E-state index is 11.1. The Kier molecular flexibility index (Phi) is 4.87. The topological polar surface area (TPSA) is 59.6 Å². The Balaban J connectivity index is 1.90. The van der Waals surface area contributed by atoms with Gasteiger partial charge in [0.05, 0.1) is 5.02 Å². The standard InChI is InChI=1S/C13H17ClN2O3/c1-15-12(17)2-3-16-8-9-6-10(14)13-11(7-9)18-4-5-19-13/h6-7,16H,2-5,8H2,1H3,(H,15,17). The van der Waals surface area contributed by atoms with E-state index in [1.807, 2.05) is 12.1 Å². The third-order valence-corrected chi connectivity index (χ3v) is 3.07. The molecule has 0 atom stereocenters. The van der Waals surface area contributed by atoms with Crippen molar-refractivity contribution in [2.45, 2.75) is 13.0 Å². The fraction of sp³-hybridized carbons (Fsp3) is 0.462. The molecule has 1 aromatic carbocycles. The van der Waals surface area contributed by atoms with Gasteiger partial charge in [-0.15, -0.1) is 0 Å². The van der Waals surface area contributed by atoms with E-state index in [2.05, 4.69) is 10.6 Å². The Bertz CT molecular complexity index is 465. The van der Waals surface area contributed by atoms with Crippen molar-refractivity contribution < 1.29 is 14.3 Å². The zero-order valence-corrected chi connectivity index (χ0v) is 11.5. The van der Waals surface area contributed by atoms with Crippen LogP contribution in [0.25, 0.3) is 0 Å². The summed E-state index contributed by atoms with van der Waals surface area (Å²) in [4.78, 5) is 11.1. The maximum absolute atomic E-state index is 11.1. The molecule has 0 fully saturated rings. The van der Waals surface area contributed by atoms with Crippen molar-refractivity contribution in [3.05, 3.63) is 22.7 Å². The number of fused-ring (bicyclic) bond motifs is 1. The molecule has 2 N–H and O–H groups in total. The number of hydrogen-bond acceptors (Lipinski definition) is 4. The highest BCUT2D eigenvalue weighted by Crippen LogP contribution is 2.38. The summed E-state index contributed by atoms with van der Waals surface area (Å²) in [5.74, 6) is 1.32. The molecule has 0 saturated heterocycles. The minimum Gasteiger partial charge on any atom is -0.486 e. The van der Waals surface area contributed by atoms with E-state index in [0.717, 1.165) is 5.56 Å². The summed E-state index contributed by atoms with van der Waals surface area (Å²) in [7, 11) is 1.63. The van der Waals surface area contributed by atoms with Crippen LogP contribution < -0.4 is 20.1 Å². The van der Waals surface area contributed by atoms with Gasteiger partial charge in [0.1, 0.15) is 13.2 Å². The van der Waals surface area contributed by atoms with Crippen LogP contribution in [0.15, 0.2) is 12.1 Å². The summed E-state index contributed by atoms with van der Waals surface area (Å²) in [6.07, 6.45) is 0.453. The van der Waals surface area contributed by atoms with Crippen molar-refractivity contribution in [3.8, 4) is 11.5 Å². The largest absolute Gasteiger partial charge is 0.486 e. The van der Waals surface area contributed by atoms with Crippen LogP contribution in [0, 0.1) is 0 Å². The quantitative estimate of drug-likeness (QED) is 0.801. The molecule has 6 heteroatoms. The summed E-state index contributed by atoms with van der Waals surface area (Å²) in [6, 6.07) is 3.76. The first-order chi connectivity index (χ1) is 9.20. The van der Waals surface area contributed by atoms with Crippen LogP contribution in [0.5, 0.6) is 11.5 Å². The molecule has 0 radical (unpaired) electrons. The molecule has 104 valence electrons. The number of rotatable bonds is 5. The number of hydrogen-bond donors (Lipinski definition) is 2. The first-order valence-electron chi connectivity index (χ1n) is 6.20. The van der Waals surface area contributed by atoms with Gasteiger partial charge in [-0.1, -0.05) is 11.6 Å². The predicted molar refractivity (Wildman–Crippen MR) is 72.8 cm³/mol. The molecule has 1 amide bonds. The van der Waals surface area contributed by atoms with E-state index in [9.17, 15) is 4.79 Å². The third kappa shape index (κ3) is 3.75. The Hall–Kier alpha value is -1.46. The summed E-state index contributed by atoms with van der Waals surface area (Å²) in [5.41, 5.74) is 1.01. The van der Waals surface area contributed by atoms with E-state index in [4.69, 9.17) is 21.1 Å². The van der Waals surface area contributed by atoms with E-state index >= 15 is 0 Å². The molecule has 0 spiro atoms. The average Bonchev–Trinajstić information content (AvgIpc) is 2.43. The van der Waals surface area contributed by atoms with Gasteiger partial charge in [0.15, 0.2) is 11.5 Å². The number of amides is 1. The van der Waals surface area contributed by atoms with Crippen LogP contribution >= 0.6 is 11.6 Å². The molecular weight excluding hydrogens is 268 g/mol. The second kappa shape index (κ2) is 6.63. The van der Waals surface area contributed by atoms with Gasteiger partial charge in [-0.05, 0) is 17.7 Å². The smallest absolute Gasteiger partial charge is 0.221 e. The van der Waals surface area contributed by atoms with Crippen molar-refractivity contribution in [2.24, 2.45) is 0 Å². The maximum Gasteiger partial charge on any atom is 0.221 e. The van der Waals surface area contributed by atoms with Gasteiger partial charge in [0, 0.05) is 26.6 Å². The third-order valence-electron chi connectivity index (χ3n) is 2.79. The van der Waals surface area contributed by atoms with Crippen LogP contribution in [0.3, 0.4) is 0 Å². The first-order valence-corrected chi connectivity index (χ1v) is 6.58. The van der Waals surface area contributed by atoms with E-state index < -0.39 is 0 Å². The Morgan fingerprint density at radius 3 is 2.95 bits per heavy atom. The zero-order valence-electron chi connectivity index (χ0n) is 10.8. The van der Waals surface area contributed by atoms with Crippen molar-refractivity contribution >= 4 is 17.5 Å². The van der Waals surface area contributed by atoms with Gasteiger partial charge >= 0.3 is 0 Å². The van der Waals surface area contributed by atoms with Crippen LogP contribution in [-0.4, -0.2) is 32.7 Å². The highest BCUT2D eigenvalue weighted by molar-refractivity contribution is 6.32. The summed E-state index contributed by atoms with van der Waals surface area (Å²) in [6.45, 7) is 2.31. The number of ether oxygens (including phenoxy) is 2. The molecule has 0 unspecified atom stereocenters. The normalized spacial score (nSPS) is 13.2. The lowest BCUT2D eigenvalue weighted by Gasteiger charge is -2.20. The number of benzene rings is 1. The lowest BCUT2D eigenvalue weighted by molar-refractivity contribution is -0.120. The van der Waals surface area contributed by atoms with Gasteiger partial charge < -0.3 is 20.1 Å². The van der Waals surface area contributed by atoms with Gasteiger partial charge in [-0.25, -0.2) is 0 Å². The Labute approximate surface area is 117 Å². The van der Waals surface area contributed by atoms with Crippen molar-refractivity contribution in [3.63, 3.8) is 0 Å². The number of carbonyl (C=O) groups is 1. The van der Waals surface area contributed by atoms with Gasteiger partial charge in [0.2, 0.25) is 5.91 Å². The molecule has 1 aromatic rings. The zero-order chi connectivity index (χ0) is 13.7. The average molecular weight is 285 g/mol. The monoisotopic (exact) mass is 284 g/mol. The number of halogens is 1. The molecule has 1 heterocycles. The summed E-state index contributed by atoms with van der Waals surface area (Å²) in [5, 5.41) is 6.32. The molecule has 1 aliphatic rings. The van der Waals surface area contributed by atoms with Gasteiger partial charge in [-0.3, -0.25) is 4.79 Å². The molecule has 19 heavy (non-hydrogen) atoms. The van der Waals surface area contributed by atoms with Gasteiger partial charge in [-0.2, -0.15) is 0 Å². The summed E-state index contributed by atoms with van der Waals surface area (Å²) >= 11 is 6.14. The molecule has 0 aromatic heterocycles. The number of carbonyl (C=O) groups excluding carboxylic acids is 1. The number of nitrogens with one attached hydrogen (secondary N) is 2. The fourth-order valence-corrected chi connectivity index (χ4v) is 2.11. The molecule has 0 bridgehead atoms. The SMILES string of the molecule is CNC(=O)CCNCc1cc(Cl)c2c(c1)OCCO2. The Morgan fingerprint density at radius 1 is 1.37 bits per heavy atom. The first kappa shape index (κ1) is 14.0. The fourth-order valence-electron chi connectivity index (χ4n) is 1.83. The molecule has 1 aliphatic heterocycles. The van der Waals surface area contributed by atoms with Crippen LogP contribution in [0.1, 0.15) is 12.0 Å². The van der Waals surface area contributed by atoms with Crippen LogP contribution in [-0.2, 0) is 11.3 Å². The molecule has 2 rings (SSSR count). The van der Waals surface area contributed by atoms with Crippen molar-refractivity contribution in [2.75, 3.05) is 26.8 Å². The molecular formula is C13H17ClN2O3.